The van der Waals surface area contributed by atoms with Gasteiger partial charge in [-0.15, -0.1) is 11.3 Å². The quantitative estimate of drug-likeness (QED) is 0.479. The van der Waals surface area contributed by atoms with Crippen LogP contribution < -0.4 is 9.47 Å². The van der Waals surface area contributed by atoms with Crippen LogP contribution in [0.3, 0.4) is 0 Å². The molecule has 2 aromatic carbocycles. The van der Waals surface area contributed by atoms with Crippen molar-refractivity contribution in [3.05, 3.63) is 70.2 Å². The molecule has 0 aliphatic heterocycles. The Bertz CT molecular complexity index is 1060. The Kier molecular flexibility index (Phi) is 7.12. The van der Waals surface area contributed by atoms with Gasteiger partial charge < -0.3 is 9.47 Å². The first kappa shape index (κ1) is 22.3. The number of thiazole rings is 1. The van der Waals surface area contributed by atoms with E-state index in [1.807, 2.05) is 50.4 Å². The molecule has 0 fully saturated rings. The van der Waals surface area contributed by atoms with Crippen molar-refractivity contribution in [1.82, 2.24) is 9.29 Å². The smallest absolute Gasteiger partial charge is 0.243 e. The summed E-state index contributed by atoms with van der Waals surface area (Å²) >= 11 is 1.46. The van der Waals surface area contributed by atoms with E-state index in [1.165, 1.54) is 21.2 Å². The van der Waals surface area contributed by atoms with E-state index >= 15 is 0 Å². The van der Waals surface area contributed by atoms with Crippen LogP contribution in [0.15, 0.2) is 58.8 Å². The van der Waals surface area contributed by atoms with Gasteiger partial charge in [0.1, 0.15) is 23.1 Å². The van der Waals surface area contributed by atoms with Crippen LogP contribution in [0.4, 0.5) is 0 Å². The average molecular weight is 447 g/mol. The second-order valence-electron chi connectivity index (χ2n) is 7.15. The number of aryl methyl sites for hydroxylation is 1. The Morgan fingerprint density at radius 3 is 2.27 bits per heavy atom. The maximum Gasteiger partial charge on any atom is 0.243 e. The number of sulfonamides is 1. The summed E-state index contributed by atoms with van der Waals surface area (Å²) in [5, 5.41) is 2.68. The van der Waals surface area contributed by atoms with Crippen molar-refractivity contribution in [2.45, 2.75) is 44.9 Å². The van der Waals surface area contributed by atoms with E-state index in [4.69, 9.17) is 9.47 Å². The third kappa shape index (κ3) is 5.38. The number of benzene rings is 2. The van der Waals surface area contributed by atoms with Crippen molar-refractivity contribution in [2.75, 3.05) is 7.11 Å². The molecule has 3 aromatic rings. The summed E-state index contributed by atoms with van der Waals surface area (Å²) in [6, 6.07) is 14.0. The first-order valence-corrected chi connectivity index (χ1v) is 11.9. The molecule has 1 heterocycles. The molecule has 6 nitrogen and oxygen atoms in total. The Morgan fingerprint density at radius 1 is 1.03 bits per heavy atom. The first-order chi connectivity index (χ1) is 14.3. The summed E-state index contributed by atoms with van der Waals surface area (Å²) in [5.41, 5.74) is 1.87. The molecule has 0 bridgehead atoms. The molecule has 1 aromatic heterocycles. The summed E-state index contributed by atoms with van der Waals surface area (Å²) < 4.78 is 38.7. The van der Waals surface area contributed by atoms with Crippen LogP contribution >= 0.6 is 11.3 Å². The normalized spacial score (nSPS) is 11.8. The molecule has 8 heteroatoms. The van der Waals surface area contributed by atoms with Gasteiger partial charge in [0.05, 0.1) is 24.2 Å². The third-order valence-corrected chi connectivity index (χ3v) is 7.45. The zero-order valence-electron chi connectivity index (χ0n) is 17.5. The fraction of sp³-hybridized carbons (Fsp3) is 0.318. The van der Waals surface area contributed by atoms with Crippen LogP contribution in [0, 0.1) is 6.92 Å². The third-order valence-electron chi connectivity index (χ3n) is 4.54. The second kappa shape index (κ2) is 9.59. The lowest BCUT2D eigenvalue weighted by Gasteiger charge is -2.25. The molecule has 0 unspecified atom stereocenters. The van der Waals surface area contributed by atoms with Crippen LogP contribution in [0.5, 0.6) is 11.5 Å². The highest BCUT2D eigenvalue weighted by Gasteiger charge is 2.28. The number of rotatable bonds is 9. The number of methoxy groups -OCH3 is 1. The van der Waals surface area contributed by atoms with Gasteiger partial charge in [0.25, 0.3) is 0 Å². The highest BCUT2D eigenvalue weighted by molar-refractivity contribution is 7.89. The summed E-state index contributed by atoms with van der Waals surface area (Å²) in [6.45, 7) is 6.29. The van der Waals surface area contributed by atoms with Gasteiger partial charge in [-0.25, -0.2) is 13.4 Å². The van der Waals surface area contributed by atoms with Gasteiger partial charge >= 0.3 is 0 Å². The molecule has 0 saturated heterocycles. The van der Waals surface area contributed by atoms with E-state index in [1.54, 1.807) is 31.4 Å². The topological polar surface area (TPSA) is 68.7 Å². The van der Waals surface area contributed by atoms with Crippen molar-refractivity contribution >= 4 is 21.4 Å². The number of aromatic nitrogens is 1. The Balaban J connectivity index is 1.71. The van der Waals surface area contributed by atoms with Crippen LogP contribution in [0.1, 0.15) is 30.1 Å². The van der Waals surface area contributed by atoms with Crippen LogP contribution in [-0.4, -0.2) is 30.9 Å². The highest BCUT2D eigenvalue weighted by atomic mass is 32.2. The van der Waals surface area contributed by atoms with E-state index < -0.39 is 10.0 Å². The molecule has 0 aliphatic rings. The van der Waals surface area contributed by atoms with Gasteiger partial charge in [-0.05, 0) is 57.2 Å². The predicted molar refractivity (Wildman–Crippen MR) is 118 cm³/mol. The zero-order chi connectivity index (χ0) is 21.7. The molecule has 0 N–H and O–H groups in total. The molecule has 0 saturated carbocycles. The monoisotopic (exact) mass is 446 g/mol. The van der Waals surface area contributed by atoms with Crippen molar-refractivity contribution in [2.24, 2.45) is 0 Å². The van der Waals surface area contributed by atoms with Gasteiger partial charge in [-0.3, -0.25) is 0 Å². The molecule has 160 valence electrons. The minimum atomic E-state index is -3.66. The maximum atomic E-state index is 13.2. The van der Waals surface area contributed by atoms with E-state index in [-0.39, 0.29) is 17.5 Å². The van der Waals surface area contributed by atoms with Crippen LogP contribution in [0.2, 0.25) is 0 Å². The van der Waals surface area contributed by atoms with E-state index in [0.29, 0.717) is 18.1 Å². The lowest BCUT2D eigenvalue weighted by atomic mass is 10.2. The highest BCUT2D eigenvalue weighted by Crippen LogP contribution is 2.24. The fourth-order valence-corrected chi connectivity index (χ4v) is 5.16. The van der Waals surface area contributed by atoms with E-state index in [9.17, 15) is 8.42 Å². The van der Waals surface area contributed by atoms with Crippen molar-refractivity contribution in [1.29, 1.82) is 0 Å². The summed E-state index contributed by atoms with van der Waals surface area (Å²) in [5.74, 6) is 1.39. The molecule has 30 heavy (non-hydrogen) atoms. The minimum Gasteiger partial charge on any atom is -0.497 e. The number of nitrogens with zero attached hydrogens (tertiary/aromatic N) is 2. The van der Waals surface area contributed by atoms with Gasteiger partial charge in [-0.1, -0.05) is 17.7 Å². The predicted octanol–water partition coefficient (Wildman–Crippen LogP) is 4.64. The standard InChI is InChI=1S/C22H26N2O4S2/c1-16(2)24(30(25,26)21-11-9-19(27-4)10-12-21)13-18-15-29-22(23-18)14-28-20-7-5-17(3)6-8-20/h5-12,15-16H,13-14H2,1-4H3. The summed E-state index contributed by atoms with van der Waals surface area (Å²) in [6.07, 6.45) is 0. The fourth-order valence-electron chi connectivity index (χ4n) is 2.86. The number of hydrogen-bond donors (Lipinski definition) is 0. The molecular weight excluding hydrogens is 420 g/mol. The second-order valence-corrected chi connectivity index (χ2v) is 9.99. The largest absolute Gasteiger partial charge is 0.497 e. The minimum absolute atomic E-state index is 0.201. The van der Waals surface area contributed by atoms with E-state index in [0.717, 1.165) is 10.8 Å². The Morgan fingerprint density at radius 2 is 1.67 bits per heavy atom. The molecule has 0 radical (unpaired) electrons. The van der Waals surface area contributed by atoms with Gasteiger partial charge in [0, 0.05) is 11.4 Å². The van der Waals surface area contributed by atoms with Gasteiger partial charge in [0.2, 0.25) is 10.0 Å². The molecule has 3 rings (SSSR count). The first-order valence-electron chi connectivity index (χ1n) is 9.58. The Labute approximate surface area is 182 Å². The average Bonchev–Trinajstić information content (AvgIpc) is 3.19. The summed E-state index contributed by atoms with van der Waals surface area (Å²) in [4.78, 5) is 4.80. The Hall–Kier alpha value is -2.42. The summed E-state index contributed by atoms with van der Waals surface area (Å²) in [7, 11) is -2.11. The molecule has 0 spiro atoms. The molecule has 0 atom stereocenters. The van der Waals surface area contributed by atoms with Crippen LogP contribution in [0.25, 0.3) is 0 Å². The zero-order valence-corrected chi connectivity index (χ0v) is 19.2. The van der Waals surface area contributed by atoms with Crippen molar-refractivity contribution < 1.29 is 17.9 Å². The lowest BCUT2D eigenvalue weighted by Crippen LogP contribution is -2.36. The van der Waals surface area contributed by atoms with Gasteiger partial charge in [-0.2, -0.15) is 4.31 Å². The number of hydrogen-bond acceptors (Lipinski definition) is 6. The maximum absolute atomic E-state index is 13.2. The molecular formula is C22H26N2O4S2. The van der Waals surface area contributed by atoms with E-state index in [2.05, 4.69) is 4.98 Å². The number of ether oxygens (including phenoxy) is 2. The van der Waals surface area contributed by atoms with Crippen LogP contribution in [-0.2, 0) is 23.2 Å². The SMILES string of the molecule is COc1ccc(S(=O)(=O)N(Cc2csc(COc3ccc(C)cc3)n2)C(C)C)cc1. The van der Waals surface area contributed by atoms with Crippen molar-refractivity contribution in [3.63, 3.8) is 0 Å². The molecule has 0 amide bonds. The molecule has 0 aliphatic carbocycles. The van der Waals surface area contributed by atoms with Gasteiger partial charge in [0.15, 0.2) is 0 Å². The lowest BCUT2D eigenvalue weighted by molar-refractivity contribution is 0.304. The van der Waals surface area contributed by atoms with Crippen molar-refractivity contribution in [3.8, 4) is 11.5 Å².